The molecule has 0 fully saturated rings. The van der Waals surface area contributed by atoms with Crippen LogP contribution in [0, 0.1) is 0 Å². The van der Waals surface area contributed by atoms with E-state index >= 15 is 0 Å². The Hall–Kier alpha value is 0.00208. The minimum absolute atomic E-state index is 0. The van der Waals surface area contributed by atoms with E-state index in [9.17, 15) is 0 Å². The van der Waals surface area contributed by atoms with Crippen LogP contribution in [0.25, 0.3) is 0 Å². The molecule has 2 nitrogen and oxygen atoms in total. The molecule has 0 unspecified atom stereocenters. The standard InChI is InChI=1S/C4H4O2.Cd/c1-2-6-4-3-5-1;/h1-4H;. The molecule has 1 heterocycles. The van der Waals surface area contributed by atoms with Crippen LogP contribution in [0.1, 0.15) is 0 Å². The second-order valence-corrected chi connectivity index (χ2v) is 0.816. The number of hydrogen-bond donors (Lipinski definition) is 0. The van der Waals surface area contributed by atoms with E-state index in [2.05, 4.69) is 9.47 Å². The average molecular weight is 196 g/mol. The van der Waals surface area contributed by atoms with Gasteiger partial charge in [-0.15, -0.1) is 0 Å². The third-order valence-electron chi connectivity index (χ3n) is 0.425. The first-order valence-corrected chi connectivity index (χ1v) is 1.61. The summed E-state index contributed by atoms with van der Waals surface area (Å²) in [5, 5.41) is 0. The summed E-state index contributed by atoms with van der Waals surface area (Å²) in [4.78, 5) is 0. The molecule has 0 radical (unpaired) electrons. The molecule has 1 aliphatic heterocycles. The maximum Gasteiger partial charge on any atom is 0.125 e. The first-order chi connectivity index (χ1) is 3.00. The van der Waals surface area contributed by atoms with Crippen molar-refractivity contribution in [3.63, 3.8) is 0 Å². The molecule has 1 rings (SSSR count). The molecule has 3 heteroatoms. The van der Waals surface area contributed by atoms with Gasteiger partial charge in [-0.25, -0.2) is 0 Å². The van der Waals surface area contributed by atoms with Gasteiger partial charge in [-0.3, -0.25) is 0 Å². The summed E-state index contributed by atoms with van der Waals surface area (Å²) in [6.45, 7) is 0. The van der Waals surface area contributed by atoms with Gasteiger partial charge >= 0.3 is 0 Å². The largest absolute Gasteiger partial charge is 0.466 e. The van der Waals surface area contributed by atoms with E-state index in [0.717, 1.165) is 0 Å². The summed E-state index contributed by atoms with van der Waals surface area (Å²) < 4.78 is 9.17. The van der Waals surface area contributed by atoms with E-state index in [0.29, 0.717) is 0 Å². The van der Waals surface area contributed by atoms with Crippen LogP contribution >= 0.6 is 0 Å². The van der Waals surface area contributed by atoms with Crippen LogP contribution in [-0.2, 0) is 36.8 Å². The predicted octanol–water partition coefficient (Wildman–Crippen LogP) is 0.973. The molecule has 0 saturated carbocycles. The molecule has 0 saturated heterocycles. The van der Waals surface area contributed by atoms with Crippen LogP contribution in [0.3, 0.4) is 0 Å². The SMILES string of the molecule is C1=COC=CO1.[Cd]. The Kier molecular flexibility index (Phi) is 4.17. The maximum atomic E-state index is 4.58. The van der Waals surface area contributed by atoms with Gasteiger partial charge < -0.3 is 9.47 Å². The number of hydrogen-bond acceptors (Lipinski definition) is 2. The molecule has 0 bridgehead atoms. The Bertz CT molecular complexity index is 67.7. The van der Waals surface area contributed by atoms with E-state index in [1.807, 2.05) is 0 Å². The van der Waals surface area contributed by atoms with Gasteiger partial charge in [-0.2, -0.15) is 0 Å². The summed E-state index contributed by atoms with van der Waals surface area (Å²) in [5.74, 6) is 0. The molecule has 0 amide bonds. The van der Waals surface area contributed by atoms with Gasteiger partial charge in [0.2, 0.25) is 0 Å². The van der Waals surface area contributed by atoms with E-state index in [1.165, 1.54) is 25.0 Å². The first kappa shape index (κ1) is 7.00. The molecule has 34 valence electrons. The molecule has 0 aliphatic carbocycles. The van der Waals surface area contributed by atoms with Crippen molar-refractivity contribution in [2.24, 2.45) is 0 Å². The molecule has 7 heavy (non-hydrogen) atoms. The molecule has 0 aromatic carbocycles. The van der Waals surface area contributed by atoms with E-state index in [-0.39, 0.29) is 27.3 Å². The van der Waals surface area contributed by atoms with Crippen molar-refractivity contribution in [3.05, 3.63) is 25.0 Å². The van der Waals surface area contributed by atoms with Crippen molar-refractivity contribution in [3.8, 4) is 0 Å². The van der Waals surface area contributed by atoms with E-state index in [4.69, 9.17) is 0 Å². The smallest absolute Gasteiger partial charge is 0.125 e. The molecule has 1 aliphatic rings. The fraction of sp³-hybridized carbons (Fsp3) is 0. The Morgan fingerprint density at radius 1 is 0.714 bits per heavy atom. The minimum atomic E-state index is 0. The van der Waals surface area contributed by atoms with E-state index < -0.39 is 0 Å². The van der Waals surface area contributed by atoms with Crippen molar-refractivity contribution < 1.29 is 36.8 Å². The van der Waals surface area contributed by atoms with Crippen molar-refractivity contribution in [1.29, 1.82) is 0 Å². The van der Waals surface area contributed by atoms with Gasteiger partial charge in [-0.05, 0) is 0 Å². The van der Waals surface area contributed by atoms with Crippen LogP contribution in [0.15, 0.2) is 25.0 Å². The van der Waals surface area contributed by atoms with Gasteiger partial charge in [0.1, 0.15) is 25.0 Å². The zero-order chi connectivity index (χ0) is 4.24. The van der Waals surface area contributed by atoms with Crippen LogP contribution in [0.2, 0.25) is 0 Å². The maximum absolute atomic E-state index is 4.58. The molecular formula is C4H4CdO2. The minimum Gasteiger partial charge on any atom is -0.466 e. The second kappa shape index (κ2) is 4.17. The molecule has 0 spiro atoms. The quantitative estimate of drug-likeness (QED) is 0.538. The first-order valence-electron chi connectivity index (χ1n) is 1.61. The zero-order valence-corrected chi connectivity index (χ0v) is 7.87. The zero-order valence-electron chi connectivity index (χ0n) is 3.83. The number of rotatable bonds is 0. The topological polar surface area (TPSA) is 18.5 Å². The second-order valence-electron chi connectivity index (χ2n) is 0.816. The van der Waals surface area contributed by atoms with Crippen molar-refractivity contribution in [2.45, 2.75) is 0 Å². The van der Waals surface area contributed by atoms with Crippen LogP contribution in [0.4, 0.5) is 0 Å². The Labute approximate surface area is 62.0 Å². The monoisotopic (exact) mass is 198 g/mol. The molecule has 0 atom stereocenters. The Morgan fingerprint density at radius 2 is 1.00 bits per heavy atom. The molecule has 0 aromatic rings. The fourth-order valence-electron chi connectivity index (χ4n) is 0.219. The molecule has 0 N–H and O–H groups in total. The molecular weight excluding hydrogens is 192 g/mol. The van der Waals surface area contributed by atoms with Crippen molar-refractivity contribution in [2.75, 3.05) is 0 Å². The van der Waals surface area contributed by atoms with E-state index in [1.54, 1.807) is 0 Å². The number of ether oxygens (including phenoxy) is 2. The summed E-state index contributed by atoms with van der Waals surface area (Å²) in [5.41, 5.74) is 0. The average Bonchev–Trinajstić information content (AvgIpc) is 1.72. The summed E-state index contributed by atoms with van der Waals surface area (Å²) in [7, 11) is 0. The van der Waals surface area contributed by atoms with Crippen LogP contribution < -0.4 is 0 Å². The van der Waals surface area contributed by atoms with Crippen LogP contribution in [0.5, 0.6) is 0 Å². The summed E-state index contributed by atoms with van der Waals surface area (Å²) in [6.07, 6.45) is 5.83. The normalized spacial score (nSPS) is 13.7. The third-order valence-corrected chi connectivity index (χ3v) is 0.425. The Balaban J connectivity index is 0.000000360. The Morgan fingerprint density at radius 3 is 1.14 bits per heavy atom. The fourth-order valence-corrected chi connectivity index (χ4v) is 0.219. The predicted molar refractivity (Wildman–Crippen MR) is 20.4 cm³/mol. The summed E-state index contributed by atoms with van der Waals surface area (Å²) in [6, 6.07) is 0. The van der Waals surface area contributed by atoms with Crippen molar-refractivity contribution in [1.82, 2.24) is 0 Å². The third kappa shape index (κ3) is 2.67. The van der Waals surface area contributed by atoms with Gasteiger partial charge in [-0.1, -0.05) is 0 Å². The molecule has 0 aromatic heterocycles. The van der Waals surface area contributed by atoms with Gasteiger partial charge in [0.05, 0.1) is 0 Å². The van der Waals surface area contributed by atoms with Crippen molar-refractivity contribution >= 4 is 0 Å². The van der Waals surface area contributed by atoms with Crippen LogP contribution in [-0.4, -0.2) is 0 Å². The van der Waals surface area contributed by atoms with Gasteiger partial charge in [0, 0.05) is 27.3 Å². The van der Waals surface area contributed by atoms with Gasteiger partial charge in [0.15, 0.2) is 0 Å². The summed E-state index contributed by atoms with van der Waals surface area (Å²) >= 11 is 0. The van der Waals surface area contributed by atoms with Gasteiger partial charge in [0.25, 0.3) is 0 Å².